The Balaban J connectivity index is 1.99. The van der Waals surface area contributed by atoms with E-state index in [4.69, 9.17) is 4.74 Å². The van der Waals surface area contributed by atoms with Crippen LogP contribution in [0.15, 0.2) is 54.6 Å². The van der Waals surface area contributed by atoms with Crippen molar-refractivity contribution in [3.8, 4) is 0 Å². The van der Waals surface area contributed by atoms with Crippen molar-refractivity contribution >= 4 is 0 Å². The van der Waals surface area contributed by atoms with Crippen LogP contribution >= 0.6 is 0 Å². The van der Waals surface area contributed by atoms with Crippen LogP contribution in [0.1, 0.15) is 49.3 Å². The van der Waals surface area contributed by atoms with Crippen molar-refractivity contribution in [2.24, 2.45) is 5.92 Å². The highest BCUT2D eigenvalue weighted by molar-refractivity contribution is 5.33. The first kappa shape index (κ1) is 21.0. The van der Waals surface area contributed by atoms with Crippen molar-refractivity contribution in [2.75, 3.05) is 32.8 Å². The van der Waals surface area contributed by atoms with Gasteiger partial charge in [0.05, 0.1) is 18.8 Å². The summed E-state index contributed by atoms with van der Waals surface area (Å²) in [6.07, 6.45) is 1.76. The van der Waals surface area contributed by atoms with Crippen molar-refractivity contribution in [1.29, 1.82) is 0 Å². The van der Waals surface area contributed by atoms with E-state index in [1.807, 2.05) is 6.07 Å². The Morgan fingerprint density at radius 1 is 1.00 bits per heavy atom. The lowest BCUT2D eigenvalue weighted by Gasteiger charge is -2.41. The van der Waals surface area contributed by atoms with Crippen LogP contribution in [-0.4, -0.2) is 42.9 Å². The Kier molecular flexibility index (Phi) is 7.28. The number of benzene rings is 2. The van der Waals surface area contributed by atoms with Gasteiger partial charge in [-0.1, -0.05) is 74.0 Å². The molecule has 0 saturated carbocycles. The summed E-state index contributed by atoms with van der Waals surface area (Å²) in [5.41, 5.74) is 2.57. The molecule has 2 aromatic carbocycles. The van der Waals surface area contributed by atoms with Crippen LogP contribution in [0.2, 0.25) is 0 Å². The van der Waals surface area contributed by atoms with Gasteiger partial charge in [0.1, 0.15) is 0 Å². The van der Waals surface area contributed by atoms with Crippen molar-refractivity contribution in [1.82, 2.24) is 4.90 Å². The van der Waals surface area contributed by atoms with Crippen LogP contribution in [0.5, 0.6) is 0 Å². The summed E-state index contributed by atoms with van der Waals surface area (Å²) in [6, 6.07) is 19.0. The lowest BCUT2D eigenvalue weighted by atomic mass is 9.73. The summed E-state index contributed by atoms with van der Waals surface area (Å²) < 4.78 is 5.55. The summed E-state index contributed by atoms with van der Waals surface area (Å²) in [7, 11) is 0. The van der Waals surface area contributed by atoms with Gasteiger partial charge in [-0.05, 0) is 36.8 Å². The predicted octanol–water partition coefficient (Wildman–Crippen LogP) is 4.73. The number of nitrogens with zero attached hydrogens (tertiary/aromatic N) is 1. The Morgan fingerprint density at radius 3 is 2.25 bits per heavy atom. The molecular weight excluding hydrogens is 346 g/mol. The van der Waals surface area contributed by atoms with Crippen LogP contribution in [0.25, 0.3) is 0 Å². The molecule has 3 rings (SSSR count). The highest BCUT2D eigenvalue weighted by atomic mass is 16.5. The third kappa shape index (κ3) is 5.22. The average molecular weight is 382 g/mol. The van der Waals surface area contributed by atoms with Crippen LogP contribution in [0.4, 0.5) is 0 Å². The highest BCUT2D eigenvalue weighted by Gasteiger charge is 2.40. The second-order valence-electron chi connectivity index (χ2n) is 8.60. The van der Waals surface area contributed by atoms with Crippen LogP contribution < -0.4 is 0 Å². The molecule has 1 aliphatic heterocycles. The second-order valence-corrected chi connectivity index (χ2v) is 8.60. The fraction of sp³-hybridized carbons (Fsp3) is 0.520. The maximum Gasteiger partial charge on any atom is 0.0977 e. The predicted molar refractivity (Wildman–Crippen MR) is 116 cm³/mol. The molecule has 0 aromatic heterocycles. The molecule has 1 fully saturated rings. The Labute approximate surface area is 170 Å². The number of morpholine rings is 1. The summed E-state index contributed by atoms with van der Waals surface area (Å²) in [5, 5.41) is 12.2. The number of ether oxygens (including phenoxy) is 1. The number of aryl methyl sites for hydroxylation is 1. The van der Waals surface area contributed by atoms with Gasteiger partial charge >= 0.3 is 0 Å². The minimum absolute atomic E-state index is 0.0215. The smallest absolute Gasteiger partial charge is 0.0977 e. The van der Waals surface area contributed by atoms with Gasteiger partial charge in [-0.25, -0.2) is 0 Å². The molecule has 0 spiro atoms. The molecule has 0 amide bonds. The standard InChI is InChI=1S/C25H35NO2/c1-20(2)13-14-25(27,23-11-9-21(3)10-12-23)24(22-7-5-4-6-8-22)19-26-15-17-28-18-16-26/h4-12,20,24,27H,13-19H2,1-3H3/t24-,25+/m1/s1. The first-order chi connectivity index (χ1) is 13.5. The van der Waals surface area contributed by atoms with Gasteiger partial charge in [0.25, 0.3) is 0 Å². The number of hydrogen-bond donors (Lipinski definition) is 1. The van der Waals surface area contributed by atoms with Gasteiger partial charge in [-0.2, -0.15) is 0 Å². The van der Waals surface area contributed by atoms with Crippen molar-refractivity contribution in [3.05, 3.63) is 71.3 Å². The highest BCUT2D eigenvalue weighted by Crippen LogP contribution is 2.42. The maximum absolute atomic E-state index is 12.2. The molecule has 0 radical (unpaired) electrons. The SMILES string of the molecule is Cc1ccc([C@@](O)(CCC(C)C)[C@H](CN2CCOCC2)c2ccccc2)cc1. The van der Waals surface area contributed by atoms with Gasteiger partial charge in [0, 0.05) is 25.6 Å². The summed E-state index contributed by atoms with van der Waals surface area (Å²) in [4.78, 5) is 2.44. The Bertz CT molecular complexity index is 707. The van der Waals surface area contributed by atoms with Gasteiger partial charge in [0.2, 0.25) is 0 Å². The van der Waals surface area contributed by atoms with Crippen LogP contribution in [-0.2, 0) is 10.3 Å². The number of rotatable bonds is 8. The maximum atomic E-state index is 12.2. The van der Waals surface area contributed by atoms with Crippen LogP contribution in [0.3, 0.4) is 0 Å². The summed E-state index contributed by atoms with van der Waals surface area (Å²) in [5.74, 6) is 0.574. The molecule has 2 aromatic rings. The number of aliphatic hydroxyl groups is 1. The number of hydrogen-bond acceptors (Lipinski definition) is 3. The third-order valence-corrected chi connectivity index (χ3v) is 5.98. The lowest BCUT2D eigenvalue weighted by molar-refractivity contribution is -0.0311. The van der Waals surface area contributed by atoms with Crippen molar-refractivity contribution in [3.63, 3.8) is 0 Å². The Morgan fingerprint density at radius 2 is 1.64 bits per heavy atom. The van der Waals surface area contributed by atoms with E-state index in [1.165, 1.54) is 11.1 Å². The molecule has 1 N–H and O–H groups in total. The molecule has 3 nitrogen and oxygen atoms in total. The lowest BCUT2D eigenvalue weighted by Crippen LogP contribution is -2.45. The zero-order valence-electron chi connectivity index (χ0n) is 17.6. The Hall–Kier alpha value is -1.68. The van der Waals surface area contributed by atoms with E-state index in [2.05, 4.69) is 74.2 Å². The fourth-order valence-corrected chi connectivity index (χ4v) is 4.13. The fourth-order valence-electron chi connectivity index (χ4n) is 4.13. The van der Waals surface area contributed by atoms with E-state index < -0.39 is 5.60 Å². The normalized spacial score (nSPS) is 18.8. The summed E-state index contributed by atoms with van der Waals surface area (Å²) in [6.45, 7) is 10.8. The molecule has 3 heteroatoms. The summed E-state index contributed by atoms with van der Waals surface area (Å²) >= 11 is 0. The molecule has 0 aliphatic carbocycles. The minimum atomic E-state index is -0.891. The second kappa shape index (κ2) is 9.69. The molecule has 0 bridgehead atoms. The van der Waals surface area contributed by atoms with Gasteiger partial charge in [-0.15, -0.1) is 0 Å². The molecule has 1 saturated heterocycles. The van der Waals surface area contributed by atoms with Crippen molar-refractivity contribution < 1.29 is 9.84 Å². The van der Waals surface area contributed by atoms with E-state index in [0.717, 1.165) is 51.3 Å². The third-order valence-electron chi connectivity index (χ3n) is 5.98. The van der Waals surface area contributed by atoms with E-state index in [-0.39, 0.29) is 5.92 Å². The zero-order valence-corrected chi connectivity index (χ0v) is 17.6. The van der Waals surface area contributed by atoms with Gasteiger partial charge in [-0.3, -0.25) is 4.90 Å². The molecule has 1 heterocycles. The first-order valence-corrected chi connectivity index (χ1v) is 10.6. The molecule has 28 heavy (non-hydrogen) atoms. The molecular formula is C25H35NO2. The molecule has 0 unspecified atom stereocenters. The minimum Gasteiger partial charge on any atom is -0.384 e. The largest absolute Gasteiger partial charge is 0.384 e. The molecule has 152 valence electrons. The monoisotopic (exact) mass is 381 g/mol. The topological polar surface area (TPSA) is 32.7 Å². The van der Waals surface area contributed by atoms with Crippen molar-refractivity contribution in [2.45, 2.75) is 45.1 Å². The van der Waals surface area contributed by atoms with E-state index in [1.54, 1.807) is 0 Å². The first-order valence-electron chi connectivity index (χ1n) is 10.6. The molecule has 2 atom stereocenters. The molecule has 1 aliphatic rings. The van der Waals surface area contributed by atoms with E-state index in [0.29, 0.717) is 5.92 Å². The van der Waals surface area contributed by atoms with E-state index in [9.17, 15) is 5.11 Å². The van der Waals surface area contributed by atoms with Crippen LogP contribution in [0, 0.1) is 12.8 Å². The zero-order chi connectivity index (χ0) is 20.0. The average Bonchev–Trinajstić information content (AvgIpc) is 2.72. The van der Waals surface area contributed by atoms with Gasteiger partial charge < -0.3 is 9.84 Å². The van der Waals surface area contributed by atoms with Gasteiger partial charge in [0.15, 0.2) is 0 Å². The van der Waals surface area contributed by atoms with E-state index >= 15 is 0 Å². The quantitative estimate of drug-likeness (QED) is 0.717.